The van der Waals surface area contributed by atoms with E-state index in [0.717, 1.165) is 45.2 Å². The van der Waals surface area contributed by atoms with E-state index in [0.29, 0.717) is 43.0 Å². The van der Waals surface area contributed by atoms with Crippen LogP contribution in [0.1, 0.15) is 57.3 Å². The Morgan fingerprint density at radius 3 is 2.56 bits per heavy atom. The summed E-state index contributed by atoms with van der Waals surface area (Å²) in [6.45, 7) is 4.19. The van der Waals surface area contributed by atoms with Crippen LogP contribution >= 0.6 is 24.8 Å². The van der Waals surface area contributed by atoms with E-state index in [4.69, 9.17) is 0 Å². The van der Waals surface area contributed by atoms with Gasteiger partial charge in [0.15, 0.2) is 5.82 Å². The van der Waals surface area contributed by atoms with E-state index < -0.39 is 24.0 Å². The van der Waals surface area contributed by atoms with Gasteiger partial charge in [-0.15, -0.1) is 35.0 Å². The summed E-state index contributed by atoms with van der Waals surface area (Å²) in [5.41, 5.74) is 0. The van der Waals surface area contributed by atoms with Gasteiger partial charge in [-0.1, -0.05) is 6.92 Å². The summed E-state index contributed by atoms with van der Waals surface area (Å²) < 4.78 is 0. The first-order valence-corrected chi connectivity index (χ1v) is 11.2. The van der Waals surface area contributed by atoms with Crippen molar-refractivity contribution in [2.75, 3.05) is 19.6 Å². The second kappa shape index (κ2) is 11.6. The predicted octanol–water partition coefficient (Wildman–Crippen LogP) is 1.65. The van der Waals surface area contributed by atoms with E-state index in [2.05, 4.69) is 32.6 Å². The topological polar surface area (TPSA) is 133 Å². The van der Waals surface area contributed by atoms with Gasteiger partial charge < -0.3 is 15.5 Å². The Morgan fingerprint density at radius 2 is 1.88 bits per heavy atom. The highest BCUT2D eigenvalue weighted by Crippen LogP contribution is 2.40. The van der Waals surface area contributed by atoms with Crippen molar-refractivity contribution < 1.29 is 19.8 Å². The van der Waals surface area contributed by atoms with Gasteiger partial charge in [-0.25, -0.2) is 0 Å². The zero-order valence-corrected chi connectivity index (χ0v) is 19.9. The van der Waals surface area contributed by atoms with E-state index in [1.54, 1.807) is 4.80 Å². The minimum Gasteiger partial charge on any atom is -0.480 e. The number of aromatic nitrogens is 4. The Kier molecular flexibility index (Phi) is 9.68. The van der Waals surface area contributed by atoms with Crippen molar-refractivity contribution in [3.63, 3.8) is 0 Å². The normalized spacial score (nSPS) is 32.4. The summed E-state index contributed by atoms with van der Waals surface area (Å²) in [6.07, 6.45) is 6.00. The molecule has 0 bridgehead atoms. The minimum atomic E-state index is -0.798. The summed E-state index contributed by atoms with van der Waals surface area (Å²) in [5.74, 6) is 0.481. The van der Waals surface area contributed by atoms with Gasteiger partial charge in [-0.2, -0.15) is 4.80 Å². The van der Waals surface area contributed by atoms with E-state index in [1.165, 1.54) is 0 Å². The average molecular weight is 493 g/mol. The van der Waals surface area contributed by atoms with Gasteiger partial charge in [0, 0.05) is 19.5 Å². The highest BCUT2D eigenvalue weighted by Gasteiger charge is 2.42. The summed E-state index contributed by atoms with van der Waals surface area (Å²) in [5, 5.41) is 35.0. The average Bonchev–Trinajstić information content (AvgIpc) is 3.35. The van der Waals surface area contributed by atoms with E-state index >= 15 is 0 Å². The first-order valence-electron chi connectivity index (χ1n) is 11.2. The number of aliphatic carboxylic acids is 2. The van der Waals surface area contributed by atoms with Gasteiger partial charge in [-0.3, -0.25) is 14.5 Å². The Hall–Kier alpha value is -1.49. The highest BCUT2D eigenvalue weighted by atomic mass is 35.5. The molecule has 3 heterocycles. The molecule has 1 aromatic rings. The number of halogens is 2. The minimum absolute atomic E-state index is 0. The molecule has 3 N–H and O–H groups in total. The molecule has 1 saturated carbocycles. The maximum atomic E-state index is 11.9. The maximum absolute atomic E-state index is 11.9. The fourth-order valence-corrected chi connectivity index (χ4v) is 5.59. The number of carbonyl (C=O) groups is 2. The summed E-state index contributed by atoms with van der Waals surface area (Å²) in [4.78, 5) is 26.9. The number of tetrazole rings is 1. The predicted molar refractivity (Wildman–Crippen MR) is 121 cm³/mol. The SMILES string of the molecule is CCCc1nnn([C@H]2C[C@@H](C(=O)O)N(C[C@H]3CC[C@H]4CN[C@H](C(=O)O)C[C@H]4C3)C2)n1.Cl.Cl. The van der Waals surface area contributed by atoms with Crippen LogP contribution in [0.2, 0.25) is 0 Å². The molecule has 1 aromatic heterocycles. The number of aryl methyl sites for hydroxylation is 1. The van der Waals surface area contributed by atoms with Crippen LogP contribution < -0.4 is 5.32 Å². The molecule has 12 heteroatoms. The van der Waals surface area contributed by atoms with E-state index in [9.17, 15) is 19.8 Å². The van der Waals surface area contributed by atoms with Crippen LogP contribution in [0.3, 0.4) is 0 Å². The fraction of sp³-hybridized carbons (Fsp3) is 0.850. The molecule has 3 fully saturated rings. The number of likely N-dealkylation sites (tertiary alicyclic amines) is 1. The van der Waals surface area contributed by atoms with Crippen LogP contribution in [-0.2, 0) is 16.0 Å². The Labute approximate surface area is 200 Å². The Bertz CT molecular complexity index is 781. The molecular formula is C20H34Cl2N6O4. The lowest BCUT2D eigenvalue weighted by Gasteiger charge is -2.42. The molecule has 1 aliphatic carbocycles. The number of carboxylic acids is 2. The third-order valence-corrected chi connectivity index (χ3v) is 7.14. The van der Waals surface area contributed by atoms with Crippen LogP contribution in [0.5, 0.6) is 0 Å². The second-order valence-electron chi connectivity index (χ2n) is 9.21. The van der Waals surface area contributed by atoms with Crippen molar-refractivity contribution in [2.45, 2.75) is 70.0 Å². The number of rotatable bonds is 7. The largest absolute Gasteiger partial charge is 0.480 e. The van der Waals surface area contributed by atoms with Gasteiger partial charge in [0.1, 0.15) is 12.1 Å². The highest BCUT2D eigenvalue weighted by molar-refractivity contribution is 5.85. The lowest BCUT2D eigenvalue weighted by Crippen LogP contribution is -2.50. The third-order valence-electron chi connectivity index (χ3n) is 7.14. The molecule has 4 rings (SSSR count). The van der Waals surface area contributed by atoms with E-state index in [-0.39, 0.29) is 30.9 Å². The maximum Gasteiger partial charge on any atom is 0.321 e. The van der Waals surface area contributed by atoms with Gasteiger partial charge in [0.05, 0.1) is 6.04 Å². The molecule has 10 nitrogen and oxygen atoms in total. The van der Waals surface area contributed by atoms with Gasteiger partial charge >= 0.3 is 11.9 Å². The first kappa shape index (κ1) is 26.8. The number of nitrogens with zero attached hydrogens (tertiary/aromatic N) is 5. The van der Waals surface area contributed by atoms with Crippen LogP contribution in [-0.4, -0.2) is 79.0 Å². The number of fused-ring (bicyclic) bond motifs is 1. The number of nitrogens with one attached hydrogen (secondary N) is 1. The lowest BCUT2D eigenvalue weighted by molar-refractivity contribution is -0.143. The first-order chi connectivity index (χ1) is 14.4. The van der Waals surface area contributed by atoms with Crippen molar-refractivity contribution in [1.82, 2.24) is 30.4 Å². The summed E-state index contributed by atoms with van der Waals surface area (Å²) in [6, 6.07) is -1.06. The summed E-state index contributed by atoms with van der Waals surface area (Å²) in [7, 11) is 0. The van der Waals surface area contributed by atoms with Gasteiger partial charge in [-0.05, 0) is 68.0 Å². The molecule has 0 radical (unpaired) electrons. The number of hydrogen-bond acceptors (Lipinski definition) is 7. The van der Waals surface area contributed by atoms with Crippen LogP contribution in [0, 0.1) is 17.8 Å². The Balaban J connectivity index is 0.00000181. The standard InChI is InChI=1S/C20H32N6O4.2ClH/c1-2-3-18-22-24-26(23-18)15-8-17(20(29)30)25(11-15)10-12-4-5-13-9-21-16(19(27)28)7-14(13)6-12;;/h12-17,21H,2-11H2,1H3,(H,27,28)(H,29,30);2*1H/t12-,13-,14+,15-,16-,17-;;/m0../s1. The van der Waals surface area contributed by atoms with Crippen molar-refractivity contribution in [2.24, 2.45) is 17.8 Å². The molecule has 3 aliphatic rings. The zero-order chi connectivity index (χ0) is 21.3. The van der Waals surface area contributed by atoms with Crippen LogP contribution in [0.15, 0.2) is 0 Å². The molecule has 0 amide bonds. The molecule has 0 unspecified atom stereocenters. The molecular weight excluding hydrogens is 459 g/mol. The molecule has 0 spiro atoms. The van der Waals surface area contributed by atoms with Crippen molar-refractivity contribution in [3.8, 4) is 0 Å². The molecule has 2 aliphatic heterocycles. The van der Waals surface area contributed by atoms with Crippen LogP contribution in [0.25, 0.3) is 0 Å². The quantitative estimate of drug-likeness (QED) is 0.518. The monoisotopic (exact) mass is 492 g/mol. The van der Waals surface area contributed by atoms with Crippen molar-refractivity contribution >= 4 is 36.8 Å². The van der Waals surface area contributed by atoms with Crippen molar-refractivity contribution in [1.29, 1.82) is 0 Å². The van der Waals surface area contributed by atoms with Crippen molar-refractivity contribution in [3.05, 3.63) is 5.82 Å². The number of piperidine rings is 1. The van der Waals surface area contributed by atoms with E-state index in [1.807, 2.05) is 0 Å². The molecule has 32 heavy (non-hydrogen) atoms. The molecule has 2 saturated heterocycles. The third kappa shape index (κ3) is 5.89. The van der Waals surface area contributed by atoms with Crippen LogP contribution in [0.4, 0.5) is 0 Å². The second-order valence-corrected chi connectivity index (χ2v) is 9.21. The smallest absolute Gasteiger partial charge is 0.321 e. The molecule has 182 valence electrons. The number of hydrogen-bond donors (Lipinski definition) is 3. The fourth-order valence-electron chi connectivity index (χ4n) is 5.59. The number of carboxylic acid groups (broad SMARTS) is 2. The molecule has 0 aromatic carbocycles. The molecule has 6 atom stereocenters. The summed E-state index contributed by atoms with van der Waals surface area (Å²) >= 11 is 0. The lowest BCUT2D eigenvalue weighted by atomic mass is 9.69. The Morgan fingerprint density at radius 1 is 1.09 bits per heavy atom. The zero-order valence-electron chi connectivity index (χ0n) is 18.3. The van der Waals surface area contributed by atoms with Gasteiger partial charge in [0.2, 0.25) is 0 Å². The van der Waals surface area contributed by atoms with Gasteiger partial charge in [0.25, 0.3) is 0 Å².